The van der Waals surface area contributed by atoms with Crippen molar-refractivity contribution in [1.82, 2.24) is 13.4 Å². The van der Waals surface area contributed by atoms with Crippen molar-refractivity contribution in [3.05, 3.63) is 107 Å². The van der Waals surface area contributed by atoms with Crippen LogP contribution in [0.4, 0.5) is 0 Å². The van der Waals surface area contributed by atoms with Crippen LogP contribution in [0, 0.1) is 13.8 Å². The topological polar surface area (TPSA) is 65.0 Å². The second-order valence-electron chi connectivity index (χ2n) is 10.6. The molecule has 5 heterocycles. The summed E-state index contributed by atoms with van der Waals surface area (Å²) in [6.07, 6.45) is 0. The van der Waals surface area contributed by atoms with Gasteiger partial charge in [0.25, 0.3) is 0 Å². The molecule has 0 radical (unpaired) electrons. The summed E-state index contributed by atoms with van der Waals surface area (Å²) in [6.45, 7) is 3.97. The fraction of sp³-hybridized carbons (Fsp3) is 0.0645. The van der Waals surface area contributed by atoms with Crippen LogP contribution in [0.25, 0.3) is 38.8 Å². The Kier molecular flexibility index (Phi) is 3.68. The van der Waals surface area contributed by atoms with E-state index >= 15 is 0 Å². The highest BCUT2D eigenvalue weighted by Crippen LogP contribution is 2.42. The Hall–Kier alpha value is -4.56. The van der Waals surface area contributed by atoms with Crippen molar-refractivity contribution in [1.29, 1.82) is 0 Å². The number of fused-ring (bicyclic) bond motifs is 6. The molecule has 0 fully saturated rings. The van der Waals surface area contributed by atoms with Crippen molar-refractivity contribution in [2.45, 2.75) is 23.6 Å². The number of rotatable bonds is 1. The zero-order chi connectivity index (χ0) is 26.4. The van der Waals surface area contributed by atoms with E-state index < -0.39 is 9.84 Å². The van der Waals surface area contributed by atoms with Gasteiger partial charge in [-0.15, -0.1) is 0 Å². The number of para-hydroxylation sites is 3. The normalized spacial score (nSPS) is 14.9. The van der Waals surface area contributed by atoms with Gasteiger partial charge in [-0.25, -0.2) is 22.0 Å². The summed E-state index contributed by atoms with van der Waals surface area (Å²) in [5.41, 5.74) is 8.30. The highest BCUT2D eigenvalue weighted by Gasteiger charge is 2.45. The zero-order valence-corrected chi connectivity index (χ0v) is 22.0. The van der Waals surface area contributed by atoms with Gasteiger partial charge in [0.2, 0.25) is 16.6 Å². The van der Waals surface area contributed by atoms with E-state index in [1.165, 1.54) is 0 Å². The third-order valence-corrected chi connectivity index (χ3v) is 10.6. The van der Waals surface area contributed by atoms with Crippen LogP contribution in [0.5, 0.6) is 0 Å². The van der Waals surface area contributed by atoms with Crippen LogP contribution in [-0.4, -0.2) is 28.5 Å². The summed E-state index contributed by atoms with van der Waals surface area (Å²) in [4.78, 5) is 15.0. The molecule has 6 nitrogen and oxygen atoms in total. The second-order valence-corrected chi connectivity index (χ2v) is 12.5. The molecule has 0 N–H and O–H groups in total. The van der Waals surface area contributed by atoms with Gasteiger partial charge in [-0.1, -0.05) is 83.3 Å². The van der Waals surface area contributed by atoms with Gasteiger partial charge < -0.3 is 0 Å². The summed E-state index contributed by atoms with van der Waals surface area (Å²) >= 11 is 0. The van der Waals surface area contributed by atoms with E-state index in [4.69, 9.17) is 0 Å². The molecule has 7 aromatic rings. The van der Waals surface area contributed by atoms with Crippen LogP contribution >= 0.6 is 0 Å². The van der Waals surface area contributed by atoms with Crippen molar-refractivity contribution in [3.63, 3.8) is 0 Å². The van der Waals surface area contributed by atoms with E-state index in [1.807, 2.05) is 53.1 Å². The minimum Gasteiger partial charge on any atom is -0.279 e. The minimum absolute atomic E-state index is 0.198. The minimum atomic E-state index is -3.92. The van der Waals surface area contributed by atoms with Gasteiger partial charge in [0, 0.05) is 5.39 Å². The number of hydrogen-bond acceptors (Lipinski definition) is 3. The zero-order valence-electron chi connectivity index (χ0n) is 21.1. The summed E-state index contributed by atoms with van der Waals surface area (Å²) in [5, 5.41) is 1.56. The Morgan fingerprint density at radius 3 is 2.03 bits per heavy atom. The molecule has 0 saturated carbocycles. The van der Waals surface area contributed by atoms with Gasteiger partial charge in [-0.2, -0.15) is 0 Å². The lowest BCUT2D eigenvalue weighted by atomic mass is 9.34. The average molecular weight is 525 g/mol. The fourth-order valence-corrected chi connectivity index (χ4v) is 9.12. The third kappa shape index (κ3) is 2.24. The predicted octanol–water partition coefficient (Wildman–Crippen LogP) is 3.24. The molecule has 2 aliphatic heterocycles. The fourth-order valence-electron chi connectivity index (χ4n) is 7.30. The van der Waals surface area contributed by atoms with Crippen LogP contribution in [0.1, 0.15) is 11.1 Å². The number of sulfone groups is 1. The number of aromatic nitrogens is 3. The molecule has 0 saturated heterocycles. The lowest BCUT2D eigenvalue weighted by Gasteiger charge is -2.32. The summed E-state index contributed by atoms with van der Waals surface area (Å²) in [6, 6.07) is 27.2. The summed E-state index contributed by atoms with van der Waals surface area (Å²) in [5.74, 6) is 0. The summed E-state index contributed by atoms with van der Waals surface area (Å²) < 4.78 is 34.2. The van der Waals surface area contributed by atoms with E-state index in [0.29, 0.717) is 22.2 Å². The monoisotopic (exact) mass is 525 g/mol. The van der Waals surface area contributed by atoms with E-state index in [0.717, 1.165) is 44.1 Å². The van der Waals surface area contributed by atoms with Gasteiger partial charge >= 0.3 is 5.69 Å². The number of nitrogens with zero attached hydrogens (tertiary/aromatic N) is 3. The van der Waals surface area contributed by atoms with Gasteiger partial charge in [0.15, 0.2) is 0 Å². The Labute approximate surface area is 223 Å². The molecule has 9 rings (SSSR count). The smallest absolute Gasteiger partial charge is 0.279 e. The maximum Gasteiger partial charge on any atom is 0.340 e. The maximum absolute atomic E-state index is 14.5. The van der Waals surface area contributed by atoms with Crippen LogP contribution in [-0.2, 0) is 9.84 Å². The van der Waals surface area contributed by atoms with Crippen LogP contribution < -0.4 is 22.1 Å². The SMILES string of the molecule is Cc1cccc(C)c1B1c2cccc3c2-n2c4c1c1ccccc1n4c(=O)n1c4ccccc4c(c21)S3(=O)=O. The standard InChI is InChI=1S/C31H20BN3O3S/c1-17-9-7-10-18(2)25(17)32-21-13-8-16-24-27(21)35-29-26(32)19-11-3-5-14-22(19)33(29)31(36)34-23-15-6-4-12-20(23)28(30(34)35)39(24,37)38/h3-16H,1-2H3. The molecule has 4 aromatic carbocycles. The number of benzene rings is 4. The first-order valence-electron chi connectivity index (χ1n) is 13.0. The number of aryl methyl sites for hydroxylation is 2. The molecule has 0 spiro atoms. The molecule has 0 atom stereocenters. The van der Waals surface area contributed by atoms with Gasteiger partial charge in [0.1, 0.15) is 16.2 Å². The first-order chi connectivity index (χ1) is 18.9. The Bertz CT molecular complexity index is 2450. The highest BCUT2D eigenvalue weighted by molar-refractivity contribution is 7.92. The van der Waals surface area contributed by atoms with Crippen molar-refractivity contribution in [2.24, 2.45) is 0 Å². The third-order valence-electron chi connectivity index (χ3n) is 8.74. The van der Waals surface area contributed by atoms with E-state index in [2.05, 4.69) is 38.1 Å². The molecule has 0 aliphatic carbocycles. The molecule has 0 amide bonds. The lowest BCUT2D eigenvalue weighted by molar-refractivity contribution is 0.595. The predicted molar refractivity (Wildman–Crippen MR) is 155 cm³/mol. The van der Waals surface area contributed by atoms with Crippen molar-refractivity contribution in [2.75, 3.05) is 0 Å². The molecular weight excluding hydrogens is 505 g/mol. The van der Waals surface area contributed by atoms with Crippen molar-refractivity contribution >= 4 is 66.0 Å². The molecule has 0 bridgehead atoms. The first-order valence-corrected chi connectivity index (χ1v) is 14.5. The second kappa shape index (κ2) is 6.71. The molecule has 3 aromatic heterocycles. The Balaban J connectivity index is 1.69. The van der Waals surface area contributed by atoms with Crippen LogP contribution in [0.2, 0.25) is 0 Å². The summed E-state index contributed by atoms with van der Waals surface area (Å²) in [7, 11) is -3.92. The van der Waals surface area contributed by atoms with Crippen LogP contribution in [0.15, 0.2) is 99.5 Å². The van der Waals surface area contributed by atoms with Crippen molar-refractivity contribution < 1.29 is 8.42 Å². The van der Waals surface area contributed by atoms with Gasteiger partial charge in [-0.3, -0.25) is 4.57 Å². The first kappa shape index (κ1) is 21.4. The molecule has 39 heavy (non-hydrogen) atoms. The van der Waals surface area contributed by atoms with E-state index in [1.54, 1.807) is 20.9 Å². The lowest BCUT2D eigenvalue weighted by Crippen LogP contribution is -2.58. The molecular formula is C31H20BN3O3S. The molecule has 2 aliphatic rings. The highest BCUT2D eigenvalue weighted by atomic mass is 32.2. The largest absolute Gasteiger partial charge is 0.340 e. The Morgan fingerprint density at radius 2 is 1.28 bits per heavy atom. The Morgan fingerprint density at radius 1 is 0.667 bits per heavy atom. The van der Waals surface area contributed by atoms with E-state index in [9.17, 15) is 13.2 Å². The average Bonchev–Trinajstić information content (AvgIpc) is 3.46. The van der Waals surface area contributed by atoms with Crippen molar-refractivity contribution in [3.8, 4) is 5.69 Å². The van der Waals surface area contributed by atoms with Crippen LogP contribution in [0.3, 0.4) is 0 Å². The quantitative estimate of drug-likeness (QED) is 0.309. The molecule has 8 heteroatoms. The maximum atomic E-state index is 14.5. The molecule has 186 valence electrons. The van der Waals surface area contributed by atoms with Gasteiger partial charge in [-0.05, 0) is 48.4 Å². The molecule has 0 unspecified atom stereocenters. The van der Waals surface area contributed by atoms with E-state index in [-0.39, 0.29) is 22.2 Å². The van der Waals surface area contributed by atoms with Gasteiger partial charge in [0.05, 0.1) is 21.6 Å². The number of hydrogen-bond donors (Lipinski definition) is 0.